The molecule has 118 valence electrons. The monoisotopic (exact) mass is 413 g/mol. The zero-order valence-corrected chi connectivity index (χ0v) is 15.5. The summed E-state index contributed by atoms with van der Waals surface area (Å²) in [6, 6.07) is 4.35. The van der Waals surface area contributed by atoms with E-state index in [0.29, 0.717) is 16.6 Å². The molecule has 1 aliphatic carbocycles. The lowest BCUT2D eigenvalue weighted by molar-refractivity contribution is 0.227. The quantitative estimate of drug-likeness (QED) is 0.714. The van der Waals surface area contributed by atoms with Crippen molar-refractivity contribution in [1.82, 2.24) is 4.72 Å². The molecule has 0 unspecified atom stereocenters. The van der Waals surface area contributed by atoms with E-state index in [2.05, 4.69) is 20.7 Å². The summed E-state index contributed by atoms with van der Waals surface area (Å²) in [6.45, 7) is 0.435. The van der Waals surface area contributed by atoms with E-state index in [4.69, 9.17) is 23.2 Å². The number of benzene rings is 1. The molecule has 0 atom stereocenters. The van der Waals surface area contributed by atoms with E-state index in [-0.39, 0.29) is 10.3 Å². The summed E-state index contributed by atoms with van der Waals surface area (Å²) in [5.41, 5.74) is 0.00763. The van der Waals surface area contributed by atoms with Crippen LogP contribution in [0.4, 0.5) is 0 Å². The first-order valence-corrected chi connectivity index (χ1v) is 10.2. The van der Waals surface area contributed by atoms with Gasteiger partial charge in [-0.1, -0.05) is 58.4 Å². The number of halogens is 3. The summed E-state index contributed by atoms with van der Waals surface area (Å²) in [6.07, 6.45) is 5.60. The van der Waals surface area contributed by atoms with Gasteiger partial charge in [-0.05, 0) is 36.5 Å². The first kappa shape index (κ1) is 17.5. The molecule has 0 spiro atoms. The van der Waals surface area contributed by atoms with Crippen LogP contribution in [0.15, 0.2) is 23.1 Å². The van der Waals surface area contributed by atoms with Crippen LogP contribution in [0.2, 0.25) is 10.0 Å². The Morgan fingerprint density at radius 2 is 1.67 bits per heavy atom. The fraction of sp³-hybridized carbons (Fsp3) is 0.571. The highest BCUT2D eigenvalue weighted by atomic mass is 79.9. The lowest BCUT2D eigenvalue weighted by Crippen LogP contribution is -2.40. The Bertz CT molecular complexity index is 581. The second kappa shape index (κ2) is 7.18. The number of hydrogen-bond donors (Lipinski definition) is 1. The molecule has 0 aromatic heterocycles. The molecule has 21 heavy (non-hydrogen) atoms. The normalized spacial score (nSPS) is 18.6. The molecule has 1 aliphatic rings. The summed E-state index contributed by atoms with van der Waals surface area (Å²) in [7, 11) is -3.59. The first-order chi connectivity index (χ1) is 9.87. The van der Waals surface area contributed by atoms with Crippen LogP contribution in [0.1, 0.15) is 32.1 Å². The van der Waals surface area contributed by atoms with Gasteiger partial charge in [0.25, 0.3) is 0 Å². The lowest BCUT2D eigenvalue weighted by atomic mass is 9.76. The van der Waals surface area contributed by atoms with Crippen molar-refractivity contribution in [2.75, 3.05) is 11.9 Å². The van der Waals surface area contributed by atoms with Crippen LogP contribution in [0.5, 0.6) is 0 Å². The number of sulfonamides is 1. The Morgan fingerprint density at radius 1 is 1.10 bits per heavy atom. The number of hydrogen-bond acceptors (Lipinski definition) is 2. The molecule has 0 amide bonds. The van der Waals surface area contributed by atoms with Crippen molar-refractivity contribution in [3.8, 4) is 0 Å². The van der Waals surface area contributed by atoms with Crippen molar-refractivity contribution >= 4 is 49.2 Å². The molecule has 1 aromatic rings. The van der Waals surface area contributed by atoms with Crippen molar-refractivity contribution in [2.24, 2.45) is 5.41 Å². The fourth-order valence-corrected chi connectivity index (χ4v) is 5.32. The summed E-state index contributed by atoms with van der Waals surface area (Å²) >= 11 is 15.3. The van der Waals surface area contributed by atoms with Gasteiger partial charge in [-0.25, -0.2) is 13.1 Å². The average Bonchev–Trinajstić information content (AvgIpc) is 2.45. The van der Waals surface area contributed by atoms with Crippen LogP contribution in [0.25, 0.3) is 0 Å². The van der Waals surface area contributed by atoms with Crippen molar-refractivity contribution in [2.45, 2.75) is 37.0 Å². The molecule has 3 nitrogen and oxygen atoms in total. The second-order valence-corrected chi connectivity index (χ2v) is 8.82. The average molecular weight is 415 g/mol. The SMILES string of the molecule is O=S(=O)(NCC1(CBr)CCCCC1)c1cc(Cl)cc(Cl)c1. The molecule has 0 aliphatic heterocycles. The van der Waals surface area contributed by atoms with Crippen LogP contribution in [0, 0.1) is 5.41 Å². The minimum absolute atomic E-state index is 0.00763. The van der Waals surface area contributed by atoms with Crippen molar-refractivity contribution in [3.05, 3.63) is 28.2 Å². The predicted octanol–water partition coefficient (Wildman–Crippen LogP) is 4.62. The van der Waals surface area contributed by atoms with Gasteiger partial charge >= 0.3 is 0 Å². The van der Waals surface area contributed by atoms with Gasteiger partial charge in [-0.2, -0.15) is 0 Å². The number of nitrogens with one attached hydrogen (secondary N) is 1. The van der Waals surface area contributed by atoms with E-state index < -0.39 is 10.0 Å². The summed E-state index contributed by atoms with van der Waals surface area (Å²) in [5, 5.41) is 1.44. The van der Waals surface area contributed by atoms with Crippen LogP contribution < -0.4 is 4.72 Å². The van der Waals surface area contributed by atoms with Gasteiger partial charge in [0.1, 0.15) is 0 Å². The molecule has 2 rings (SSSR count). The van der Waals surface area contributed by atoms with Gasteiger partial charge in [-0.3, -0.25) is 0 Å². The highest BCUT2D eigenvalue weighted by Crippen LogP contribution is 2.37. The Balaban J connectivity index is 2.13. The van der Waals surface area contributed by atoms with Crippen molar-refractivity contribution < 1.29 is 8.42 Å². The zero-order valence-electron chi connectivity index (χ0n) is 11.5. The van der Waals surface area contributed by atoms with Crippen LogP contribution >= 0.6 is 39.1 Å². The molecule has 0 saturated heterocycles. The van der Waals surface area contributed by atoms with Crippen LogP contribution in [-0.2, 0) is 10.0 Å². The summed E-state index contributed by atoms with van der Waals surface area (Å²) in [5.74, 6) is 0. The zero-order chi connectivity index (χ0) is 15.5. The second-order valence-electron chi connectivity index (χ2n) is 5.62. The molecule has 0 heterocycles. The van der Waals surface area contributed by atoms with Gasteiger partial charge < -0.3 is 0 Å². The molecule has 1 fully saturated rings. The molecule has 0 radical (unpaired) electrons. The van der Waals surface area contributed by atoms with Crippen molar-refractivity contribution in [1.29, 1.82) is 0 Å². The third kappa shape index (κ3) is 4.58. The summed E-state index contributed by atoms with van der Waals surface area (Å²) in [4.78, 5) is 0.112. The van der Waals surface area contributed by atoms with Crippen LogP contribution in [-0.4, -0.2) is 20.3 Å². The largest absolute Gasteiger partial charge is 0.240 e. The molecule has 0 bridgehead atoms. The van der Waals surface area contributed by atoms with E-state index in [0.717, 1.165) is 31.0 Å². The standard InChI is InChI=1S/C14H18BrCl2NO2S/c15-9-14(4-2-1-3-5-14)10-18-21(19,20)13-7-11(16)6-12(17)8-13/h6-8,18H,1-5,9-10H2. The topological polar surface area (TPSA) is 46.2 Å². The predicted molar refractivity (Wildman–Crippen MR) is 91.0 cm³/mol. The van der Waals surface area contributed by atoms with Crippen LogP contribution in [0.3, 0.4) is 0 Å². The minimum atomic E-state index is -3.59. The third-order valence-corrected chi connectivity index (χ3v) is 6.99. The molecular formula is C14H18BrCl2NO2S. The van der Waals surface area contributed by atoms with Gasteiger partial charge in [0.15, 0.2) is 0 Å². The van der Waals surface area contributed by atoms with E-state index in [1.807, 2.05) is 0 Å². The Hall–Kier alpha value is 0.190. The van der Waals surface area contributed by atoms with E-state index in [9.17, 15) is 8.42 Å². The molecule has 1 N–H and O–H groups in total. The smallest absolute Gasteiger partial charge is 0.211 e. The van der Waals surface area contributed by atoms with E-state index in [1.165, 1.54) is 24.6 Å². The fourth-order valence-electron chi connectivity index (χ4n) is 2.67. The molecule has 7 heteroatoms. The minimum Gasteiger partial charge on any atom is -0.211 e. The van der Waals surface area contributed by atoms with Gasteiger partial charge in [0.2, 0.25) is 10.0 Å². The third-order valence-electron chi connectivity index (χ3n) is 3.98. The number of alkyl halides is 1. The van der Waals surface area contributed by atoms with E-state index in [1.54, 1.807) is 0 Å². The summed E-state index contributed by atoms with van der Waals surface area (Å²) < 4.78 is 27.5. The van der Waals surface area contributed by atoms with E-state index >= 15 is 0 Å². The highest BCUT2D eigenvalue weighted by Gasteiger charge is 2.32. The van der Waals surface area contributed by atoms with Gasteiger partial charge in [0, 0.05) is 21.9 Å². The van der Waals surface area contributed by atoms with Gasteiger partial charge in [0.05, 0.1) is 4.90 Å². The van der Waals surface area contributed by atoms with Gasteiger partial charge in [-0.15, -0.1) is 0 Å². The molecular weight excluding hydrogens is 397 g/mol. The maximum atomic E-state index is 12.4. The van der Waals surface area contributed by atoms with Crippen molar-refractivity contribution in [3.63, 3.8) is 0 Å². The highest BCUT2D eigenvalue weighted by molar-refractivity contribution is 9.09. The molecule has 1 saturated carbocycles. The number of rotatable bonds is 5. The maximum Gasteiger partial charge on any atom is 0.240 e. The maximum absolute atomic E-state index is 12.4. The Labute approximate surface area is 144 Å². The Kier molecular flexibility index (Phi) is 5.99. The first-order valence-electron chi connectivity index (χ1n) is 6.89. The Morgan fingerprint density at radius 3 is 2.19 bits per heavy atom. The lowest BCUT2D eigenvalue weighted by Gasteiger charge is -2.35. The molecule has 1 aromatic carbocycles.